The van der Waals surface area contributed by atoms with Crippen LogP contribution in [0.5, 0.6) is 0 Å². The normalized spacial score (nSPS) is 15.0. The third-order valence-electron chi connectivity index (χ3n) is 9.22. The van der Waals surface area contributed by atoms with Gasteiger partial charge in [0.15, 0.2) is 6.20 Å². The van der Waals surface area contributed by atoms with E-state index in [4.69, 9.17) is 16.8 Å². The Morgan fingerprint density at radius 1 is 0.479 bits per heavy atom. The molecule has 6 aromatic carbocycles. The number of para-hydroxylation sites is 1. The van der Waals surface area contributed by atoms with E-state index in [1.165, 1.54) is 18.3 Å². The van der Waals surface area contributed by atoms with Crippen molar-refractivity contribution in [3.8, 4) is 55.8 Å². The molecule has 0 amide bonds. The van der Waals surface area contributed by atoms with Crippen LogP contribution in [0.15, 0.2) is 144 Å². The Morgan fingerprint density at radius 2 is 1.08 bits per heavy atom. The smallest absolute Gasteiger partial charge is 0.216 e. The molecule has 0 N–H and O–H groups in total. The first-order chi connectivity index (χ1) is 27.0. The van der Waals surface area contributed by atoms with Gasteiger partial charge in [-0.2, -0.15) is 0 Å². The minimum absolute atomic E-state index is 0.00353. The van der Waals surface area contributed by atoms with Crippen molar-refractivity contribution in [3.63, 3.8) is 0 Å². The summed E-state index contributed by atoms with van der Waals surface area (Å²) in [6.07, 6.45) is 1.46. The van der Waals surface area contributed by atoms with Crippen molar-refractivity contribution in [1.29, 1.82) is 0 Å². The van der Waals surface area contributed by atoms with Crippen LogP contribution in [-0.2, 0) is 7.05 Å². The Balaban J connectivity index is 1.40. The Bertz CT molecular complexity index is 2760. The first kappa shape index (κ1) is 21.2. The Labute approximate surface area is 295 Å². The molecular weight excluding hydrogens is 583 g/mol. The van der Waals surface area contributed by atoms with Gasteiger partial charge in [-0.3, -0.25) is 0 Å². The van der Waals surface area contributed by atoms with Gasteiger partial charge in [-0.1, -0.05) is 127 Å². The highest BCUT2D eigenvalue weighted by Gasteiger charge is 2.24. The summed E-state index contributed by atoms with van der Waals surface area (Å²) in [6.45, 7) is -6.44. The molecule has 0 aliphatic carbocycles. The van der Waals surface area contributed by atoms with E-state index in [1.807, 2.05) is 122 Å². The molecule has 0 atom stereocenters. The van der Waals surface area contributed by atoms with Gasteiger partial charge in [0.2, 0.25) is 5.69 Å². The summed E-state index contributed by atoms with van der Waals surface area (Å²) in [7, 11) is 1.72. The molecule has 0 fully saturated rings. The van der Waals surface area contributed by atoms with Crippen molar-refractivity contribution in [1.82, 2.24) is 0 Å². The Kier molecular flexibility index (Phi) is 5.22. The minimum Gasteiger partial charge on any atom is -0.454 e. The zero-order chi connectivity index (χ0) is 40.4. The molecule has 0 saturated carbocycles. The SMILES string of the molecule is [2H]C([2H])([2H])c1c[n+](C)c(-c2c(C)ccc3c2oc2c(-c4ccccc4)cccc23)cc1-c1c(C([2H])([2H])[2H])cc(-c2ccc(-c3ccccc3)cc2)cc1C([2H])([2H])[2H]. The second kappa shape index (κ2) is 11.8. The van der Waals surface area contributed by atoms with Gasteiger partial charge in [0.25, 0.3) is 0 Å². The average Bonchev–Trinajstić information content (AvgIpc) is 3.56. The maximum absolute atomic E-state index is 8.74. The molecule has 0 aliphatic rings. The topological polar surface area (TPSA) is 17.0 Å². The number of hydrogen-bond acceptors (Lipinski definition) is 1. The Hall–Kier alpha value is -5.73. The quantitative estimate of drug-likeness (QED) is 0.173. The van der Waals surface area contributed by atoms with Gasteiger partial charge in [-0.05, 0) is 83.1 Å². The molecule has 0 unspecified atom stereocenters. The minimum atomic E-state index is -2.82. The highest BCUT2D eigenvalue weighted by Crippen LogP contribution is 2.42. The summed E-state index contributed by atoms with van der Waals surface area (Å²) in [6, 6.07) is 41.7. The van der Waals surface area contributed by atoms with E-state index < -0.39 is 20.6 Å². The number of aromatic nitrogens is 1. The van der Waals surface area contributed by atoms with Crippen molar-refractivity contribution < 1.29 is 21.3 Å². The van der Waals surface area contributed by atoms with Crippen LogP contribution in [0.2, 0.25) is 0 Å². The van der Waals surface area contributed by atoms with Crippen molar-refractivity contribution >= 4 is 21.9 Å². The molecule has 2 nitrogen and oxygen atoms in total. The average molecular weight is 630 g/mol. The molecule has 232 valence electrons. The maximum atomic E-state index is 8.74. The predicted molar refractivity (Wildman–Crippen MR) is 201 cm³/mol. The zero-order valence-corrected chi connectivity index (χ0v) is 26.6. The summed E-state index contributed by atoms with van der Waals surface area (Å²) in [4.78, 5) is 0. The first-order valence-electron chi connectivity index (χ1n) is 20.4. The number of hydrogen-bond donors (Lipinski definition) is 0. The zero-order valence-electron chi connectivity index (χ0n) is 35.6. The van der Waals surface area contributed by atoms with E-state index in [0.29, 0.717) is 33.6 Å². The van der Waals surface area contributed by atoms with E-state index in [-0.39, 0.29) is 27.8 Å². The van der Waals surface area contributed by atoms with Gasteiger partial charge in [0.05, 0.1) is 5.56 Å². The lowest BCUT2D eigenvalue weighted by atomic mass is 9.88. The molecule has 0 radical (unpaired) electrons. The molecule has 48 heavy (non-hydrogen) atoms. The fraction of sp³-hybridized carbons (Fsp3) is 0.109. The van der Waals surface area contributed by atoms with Crippen molar-refractivity contribution in [2.45, 2.75) is 27.5 Å². The number of furan rings is 1. The molecule has 0 aliphatic heterocycles. The van der Waals surface area contributed by atoms with E-state index in [9.17, 15) is 0 Å². The van der Waals surface area contributed by atoms with Gasteiger partial charge in [-0.15, -0.1) is 0 Å². The molecule has 0 bridgehead atoms. The van der Waals surface area contributed by atoms with Crippen LogP contribution in [0.3, 0.4) is 0 Å². The van der Waals surface area contributed by atoms with Crippen LogP contribution in [0.4, 0.5) is 0 Å². The van der Waals surface area contributed by atoms with Crippen molar-refractivity contribution in [2.75, 3.05) is 0 Å². The first-order valence-corrected chi connectivity index (χ1v) is 15.9. The molecule has 0 spiro atoms. The molecule has 2 aromatic heterocycles. The molecule has 0 saturated heterocycles. The number of pyridine rings is 1. The standard InChI is InChI=1S/C46H38NO/c1-29-19-24-40-39-18-12-17-38(36-15-10-7-11-16-36)45(39)48-46(40)44(29)42-27-41(32(4)28-47(42)5)43-30(2)25-37(26-31(43)3)35-22-20-34(21-23-35)33-13-8-6-9-14-33/h6-28H,1-5H3/q+1/i2D3,3D3,4D3. The summed E-state index contributed by atoms with van der Waals surface area (Å²) >= 11 is 0. The fourth-order valence-corrected chi connectivity index (χ4v) is 6.81. The second-order valence-corrected chi connectivity index (χ2v) is 12.3. The largest absolute Gasteiger partial charge is 0.454 e. The highest BCUT2D eigenvalue weighted by molar-refractivity contribution is 6.13. The lowest BCUT2D eigenvalue weighted by Crippen LogP contribution is -2.31. The van der Waals surface area contributed by atoms with Crippen molar-refractivity contribution in [2.24, 2.45) is 7.05 Å². The summed E-state index contributed by atoms with van der Waals surface area (Å²) in [5.74, 6) is 0. The molecule has 8 rings (SSSR count). The summed E-state index contributed by atoms with van der Waals surface area (Å²) in [5, 5.41) is 1.75. The molecular formula is C46H38NO+. The predicted octanol–water partition coefficient (Wildman–Crippen LogP) is 12.0. The third-order valence-corrected chi connectivity index (χ3v) is 9.22. The molecule has 2 heteroatoms. The number of rotatable bonds is 5. The van der Waals surface area contributed by atoms with E-state index in [2.05, 4.69) is 0 Å². The van der Waals surface area contributed by atoms with Gasteiger partial charge < -0.3 is 4.42 Å². The number of nitrogens with zero attached hydrogens (tertiary/aromatic N) is 1. The maximum Gasteiger partial charge on any atom is 0.216 e. The van der Waals surface area contributed by atoms with Crippen LogP contribution < -0.4 is 4.57 Å². The lowest BCUT2D eigenvalue weighted by molar-refractivity contribution is -0.660. The van der Waals surface area contributed by atoms with E-state index in [1.54, 1.807) is 17.7 Å². The number of benzene rings is 6. The van der Waals surface area contributed by atoms with Gasteiger partial charge in [-0.25, -0.2) is 4.57 Å². The van der Waals surface area contributed by atoms with Gasteiger partial charge in [0.1, 0.15) is 18.2 Å². The van der Waals surface area contributed by atoms with Crippen LogP contribution in [0, 0.1) is 27.5 Å². The second-order valence-electron chi connectivity index (χ2n) is 12.3. The van der Waals surface area contributed by atoms with Crippen molar-refractivity contribution in [3.05, 3.63) is 162 Å². The molecule has 8 aromatic rings. The molecule has 2 heterocycles. The summed E-state index contributed by atoms with van der Waals surface area (Å²) in [5.41, 5.74) is 7.31. The van der Waals surface area contributed by atoms with Crippen LogP contribution in [0.1, 0.15) is 34.6 Å². The fourth-order valence-electron chi connectivity index (χ4n) is 6.81. The van der Waals surface area contributed by atoms with Gasteiger partial charge >= 0.3 is 0 Å². The highest BCUT2D eigenvalue weighted by atomic mass is 16.3. The lowest BCUT2D eigenvalue weighted by Gasteiger charge is -2.16. The van der Waals surface area contributed by atoms with E-state index in [0.717, 1.165) is 38.6 Å². The van der Waals surface area contributed by atoms with Crippen LogP contribution in [0.25, 0.3) is 77.7 Å². The summed E-state index contributed by atoms with van der Waals surface area (Å²) < 4.78 is 86.8. The Morgan fingerprint density at radius 3 is 1.75 bits per heavy atom. The monoisotopic (exact) mass is 629 g/mol. The van der Waals surface area contributed by atoms with Crippen LogP contribution >= 0.6 is 0 Å². The van der Waals surface area contributed by atoms with Gasteiger partial charge in [0, 0.05) is 40.3 Å². The van der Waals surface area contributed by atoms with Crippen LogP contribution in [-0.4, -0.2) is 0 Å². The number of aryl methyl sites for hydroxylation is 5. The third kappa shape index (κ3) is 5.02. The number of fused-ring (bicyclic) bond motifs is 3. The van der Waals surface area contributed by atoms with E-state index >= 15 is 0 Å².